The molecule has 46 heavy (non-hydrogen) atoms. The average Bonchev–Trinajstić information content (AvgIpc) is 3.66. The lowest BCUT2D eigenvalue weighted by molar-refractivity contribution is -0.141. The molecule has 10 heteroatoms. The molecule has 0 spiro atoms. The Morgan fingerprint density at radius 3 is 2.20 bits per heavy atom. The fourth-order valence-corrected chi connectivity index (χ4v) is 7.10. The summed E-state index contributed by atoms with van der Waals surface area (Å²) in [5.74, 6) is 0.247. The van der Waals surface area contributed by atoms with Crippen LogP contribution in [0.5, 0.6) is 5.75 Å². The van der Waals surface area contributed by atoms with Gasteiger partial charge in [0.15, 0.2) is 0 Å². The molecule has 2 amide bonds. The summed E-state index contributed by atoms with van der Waals surface area (Å²) in [5.41, 5.74) is 3.36. The van der Waals surface area contributed by atoms with E-state index in [0.717, 1.165) is 35.2 Å². The molecule has 2 heterocycles. The maximum atomic E-state index is 14.1. The van der Waals surface area contributed by atoms with Gasteiger partial charge < -0.3 is 15.0 Å². The normalized spacial score (nSPS) is 14.0. The van der Waals surface area contributed by atoms with E-state index in [9.17, 15) is 18.0 Å². The zero-order chi connectivity index (χ0) is 32.4. The number of methoxy groups -OCH3 is 1. The third-order valence-corrected chi connectivity index (χ3v) is 10.1. The van der Waals surface area contributed by atoms with Gasteiger partial charge >= 0.3 is 0 Å². The van der Waals surface area contributed by atoms with Gasteiger partial charge in [0.05, 0.1) is 24.2 Å². The second-order valence-electron chi connectivity index (χ2n) is 11.4. The maximum absolute atomic E-state index is 14.1. The number of aromatic nitrogens is 1. The van der Waals surface area contributed by atoms with Crippen molar-refractivity contribution in [3.8, 4) is 5.75 Å². The van der Waals surface area contributed by atoms with E-state index in [0.29, 0.717) is 31.7 Å². The fourth-order valence-electron chi connectivity index (χ4n) is 5.58. The van der Waals surface area contributed by atoms with Crippen molar-refractivity contribution >= 4 is 21.8 Å². The molecule has 5 rings (SSSR count). The molecule has 0 saturated carbocycles. The fraction of sp³-hybridized carbons (Fsp3) is 0.306. The van der Waals surface area contributed by atoms with E-state index in [1.165, 1.54) is 4.31 Å². The van der Waals surface area contributed by atoms with Crippen LogP contribution in [-0.2, 0) is 45.5 Å². The highest BCUT2D eigenvalue weighted by molar-refractivity contribution is 7.89. The minimum absolute atomic E-state index is 0.146. The van der Waals surface area contributed by atoms with Crippen LogP contribution in [0.2, 0.25) is 0 Å². The molecule has 1 N–H and O–H groups in total. The Balaban J connectivity index is 1.37. The van der Waals surface area contributed by atoms with Crippen LogP contribution in [0.25, 0.3) is 0 Å². The van der Waals surface area contributed by atoms with Crippen LogP contribution in [0.4, 0.5) is 0 Å². The van der Waals surface area contributed by atoms with Crippen molar-refractivity contribution in [1.82, 2.24) is 19.5 Å². The van der Waals surface area contributed by atoms with Gasteiger partial charge in [-0.3, -0.25) is 14.6 Å². The average molecular weight is 641 g/mol. The number of ether oxygens (including phenoxy) is 1. The number of aryl methyl sites for hydroxylation is 1. The smallest absolute Gasteiger partial charge is 0.243 e. The SMILES string of the molecule is COc1ccc(CN(C(=O)CCc2ccc(S(=O)(=O)N3CCCC3)cc2)[C@@H](Cc2ccccc2)C(=O)NCc2ccccn2)cc1. The van der Waals surface area contributed by atoms with Gasteiger partial charge in [-0.2, -0.15) is 4.31 Å². The molecule has 0 bridgehead atoms. The number of amides is 2. The Bertz CT molecular complexity index is 1680. The first-order valence-electron chi connectivity index (χ1n) is 15.6. The third kappa shape index (κ3) is 8.58. The number of pyridine rings is 1. The van der Waals surface area contributed by atoms with Crippen LogP contribution in [0.1, 0.15) is 41.6 Å². The highest BCUT2D eigenvalue weighted by Crippen LogP contribution is 2.23. The zero-order valence-electron chi connectivity index (χ0n) is 26.0. The molecule has 1 atom stereocenters. The highest BCUT2D eigenvalue weighted by Gasteiger charge is 2.31. The number of nitrogens with one attached hydrogen (secondary N) is 1. The van der Waals surface area contributed by atoms with Crippen molar-refractivity contribution in [2.45, 2.75) is 56.1 Å². The van der Waals surface area contributed by atoms with E-state index in [2.05, 4.69) is 10.3 Å². The number of carbonyl (C=O) groups excluding carboxylic acids is 2. The summed E-state index contributed by atoms with van der Waals surface area (Å²) in [6, 6.07) is 28.6. The number of rotatable bonds is 14. The number of hydrogen-bond acceptors (Lipinski definition) is 6. The molecule has 1 aliphatic heterocycles. The zero-order valence-corrected chi connectivity index (χ0v) is 26.9. The minimum atomic E-state index is -3.52. The standard InChI is InChI=1S/C36H40N4O5S/c1-45-32-17-12-30(13-18-32)27-40(34(25-29-9-3-2-4-10-29)36(42)38-26-31-11-5-6-22-37-31)35(41)21-16-28-14-19-33(20-15-28)46(43,44)39-23-7-8-24-39/h2-6,9-15,17-20,22,34H,7-8,16,21,23-27H2,1H3,(H,38,42)/t34-/m0/s1. The first-order chi connectivity index (χ1) is 22.3. The summed E-state index contributed by atoms with van der Waals surface area (Å²) >= 11 is 0. The molecule has 0 unspecified atom stereocenters. The lowest BCUT2D eigenvalue weighted by Gasteiger charge is -2.31. The Hall–Kier alpha value is -4.54. The summed E-state index contributed by atoms with van der Waals surface area (Å²) < 4.78 is 32.8. The van der Waals surface area contributed by atoms with Crippen LogP contribution in [0, 0.1) is 0 Å². The highest BCUT2D eigenvalue weighted by atomic mass is 32.2. The predicted octanol–water partition coefficient (Wildman–Crippen LogP) is 4.76. The largest absolute Gasteiger partial charge is 0.497 e. The summed E-state index contributed by atoms with van der Waals surface area (Å²) in [4.78, 5) is 34.1. The van der Waals surface area contributed by atoms with Crippen LogP contribution in [0.3, 0.4) is 0 Å². The first kappa shape index (κ1) is 32.8. The molecular formula is C36H40N4O5S. The maximum Gasteiger partial charge on any atom is 0.243 e. The van der Waals surface area contributed by atoms with Crippen molar-refractivity contribution in [3.05, 3.63) is 126 Å². The third-order valence-electron chi connectivity index (χ3n) is 8.21. The van der Waals surface area contributed by atoms with Crippen molar-refractivity contribution in [2.75, 3.05) is 20.2 Å². The van der Waals surface area contributed by atoms with Crippen LogP contribution < -0.4 is 10.1 Å². The molecule has 0 radical (unpaired) electrons. The quantitative estimate of drug-likeness (QED) is 0.213. The van der Waals surface area contributed by atoms with E-state index < -0.39 is 16.1 Å². The van der Waals surface area contributed by atoms with E-state index >= 15 is 0 Å². The van der Waals surface area contributed by atoms with Crippen molar-refractivity contribution < 1.29 is 22.7 Å². The number of sulfonamides is 1. The topological polar surface area (TPSA) is 109 Å². The Morgan fingerprint density at radius 1 is 0.870 bits per heavy atom. The van der Waals surface area contributed by atoms with E-state index in [1.54, 1.807) is 42.5 Å². The molecule has 0 aliphatic carbocycles. The van der Waals surface area contributed by atoms with E-state index in [4.69, 9.17) is 4.74 Å². The molecule has 9 nitrogen and oxygen atoms in total. The minimum Gasteiger partial charge on any atom is -0.497 e. The van der Waals surface area contributed by atoms with Gasteiger partial charge in [-0.15, -0.1) is 0 Å². The summed E-state index contributed by atoms with van der Waals surface area (Å²) in [6.07, 6.45) is 4.30. The monoisotopic (exact) mass is 640 g/mol. The van der Waals surface area contributed by atoms with Gasteiger partial charge in [0.25, 0.3) is 0 Å². The molecule has 240 valence electrons. The van der Waals surface area contributed by atoms with E-state index in [-0.39, 0.29) is 36.2 Å². The lowest BCUT2D eigenvalue weighted by atomic mass is 10.0. The Labute approximate surface area is 271 Å². The lowest BCUT2D eigenvalue weighted by Crippen LogP contribution is -2.50. The summed E-state index contributed by atoms with van der Waals surface area (Å²) in [5, 5.41) is 3.00. The van der Waals surface area contributed by atoms with Gasteiger partial charge in [0.2, 0.25) is 21.8 Å². The summed E-state index contributed by atoms with van der Waals surface area (Å²) in [6.45, 7) is 1.55. The van der Waals surface area contributed by atoms with Gasteiger partial charge in [0, 0.05) is 38.7 Å². The van der Waals surface area contributed by atoms with E-state index in [1.807, 2.05) is 72.8 Å². The van der Waals surface area contributed by atoms with Crippen molar-refractivity contribution in [1.29, 1.82) is 0 Å². The van der Waals surface area contributed by atoms with Gasteiger partial charge in [-0.05, 0) is 72.4 Å². The predicted molar refractivity (Wildman–Crippen MR) is 176 cm³/mol. The van der Waals surface area contributed by atoms with Gasteiger partial charge in [0.1, 0.15) is 11.8 Å². The molecule has 4 aromatic rings. The van der Waals surface area contributed by atoms with Crippen molar-refractivity contribution in [2.24, 2.45) is 0 Å². The Kier molecular flexibility index (Phi) is 11.2. The number of hydrogen-bond donors (Lipinski definition) is 1. The molecule has 3 aromatic carbocycles. The Morgan fingerprint density at radius 2 is 1.54 bits per heavy atom. The molecule has 1 aliphatic rings. The van der Waals surface area contributed by atoms with Gasteiger partial charge in [-0.25, -0.2) is 8.42 Å². The molecule has 1 aromatic heterocycles. The number of nitrogens with zero attached hydrogens (tertiary/aromatic N) is 3. The van der Waals surface area contributed by atoms with Crippen LogP contribution in [0.15, 0.2) is 108 Å². The number of carbonyl (C=O) groups is 2. The molecular weight excluding hydrogens is 600 g/mol. The molecule has 1 fully saturated rings. The van der Waals surface area contributed by atoms with Crippen LogP contribution in [-0.4, -0.2) is 60.7 Å². The van der Waals surface area contributed by atoms with Crippen LogP contribution >= 0.6 is 0 Å². The van der Waals surface area contributed by atoms with Gasteiger partial charge in [-0.1, -0.05) is 60.7 Å². The second kappa shape index (κ2) is 15.6. The first-order valence-corrected chi connectivity index (χ1v) is 17.0. The number of benzene rings is 3. The van der Waals surface area contributed by atoms with Crippen molar-refractivity contribution in [3.63, 3.8) is 0 Å². The summed E-state index contributed by atoms with van der Waals surface area (Å²) in [7, 11) is -1.92. The second-order valence-corrected chi connectivity index (χ2v) is 13.3. The molecule has 1 saturated heterocycles.